The summed E-state index contributed by atoms with van der Waals surface area (Å²) in [4.78, 5) is 34.1. The average Bonchev–Trinajstić information content (AvgIpc) is 3.42. The van der Waals surface area contributed by atoms with Gasteiger partial charge in [0.25, 0.3) is 11.8 Å². The van der Waals surface area contributed by atoms with Crippen LogP contribution in [0.3, 0.4) is 0 Å². The van der Waals surface area contributed by atoms with Gasteiger partial charge in [-0.15, -0.1) is 22.7 Å². The highest BCUT2D eigenvalue weighted by Crippen LogP contribution is 2.20. The molecule has 1 fully saturated rings. The third kappa shape index (κ3) is 4.01. The van der Waals surface area contributed by atoms with Gasteiger partial charge in [0.05, 0.1) is 4.88 Å². The van der Waals surface area contributed by atoms with Gasteiger partial charge in [0, 0.05) is 49.0 Å². The molecule has 138 valence electrons. The molecule has 3 aromatic rings. The standard InChI is InChI=1S/C19H18N4O2S2/c24-17(16-5-2-11-26-16)21-15-4-1-3-14(13-15)18(25)22-7-9-23(10-8-22)19-20-6-12-27-19/h1-6,11-13H,7-10H2,(H,21,24). The molecular weight excluding hydrogens is 380 g/mol. The van der Waals surface area contributed by atoms with Gasteiger partial charge in [-0.2, -0.15) is 0 Å². The molecule has 4 rings (SSSR count). The van der Waals surface area contributed by atoms with Crippen LogP contribution in [-0.2, 0) is 0 Å². The number of benzene rings is 1. The molecule has 0 bridgehead atoms. The Hall–Kier alpha value is -2.71. The van der Waals surface area contributed by atoms with E-state index in [0.29, 0.717) is 29.2 Å². The predicted molar refractivity (Wildman–Crippen MR) is 109 cm³/mol. The molecule has 0 atom stereocenters. The molecule has 2 aromatic heterocycles. The van der Waals surface area contributed by atoms with Crippen LogP contribution in [0.5, 0.6) is 0 Å². The number of amides is 2. The van der Waals surface area contributed by atoms with E-state index in [9.17, 15) is 9.59 Å². The second-order valence-corrected chi connectivity index (χ2v) is 7.93. The van der Waals surface area contributed by atoms with Crippen molar-refractivity contribution in [2.75, 3.05) is 36.4 Å². The van der Waals surface area contributed by atoms with Crippen LogP contribution in [0.15, 0.2) is 53.4 Å². The number of nitrogens with zero attached hydrogens (tertiary/aromatic N) is 3. The van der Waals surface area contributed by atoms with Gasteiger partial charge in [-0.25, -0.2) is 4.98 Å². The van der Waals surface area contributed by atoms with Crippen molar-refractivity contribution in [1.82, 2.24) is 9.88 Å². The molecule has 0 saturated carbocycles. The van der Waals surface area contributed by atoms with Gasteiger partial charge in [-0.3, -0.25) is 9.59 Å². The van der Waals surface area contributed by atoms with E-state index in [0.717, 1.165) is 18.2 Å². The number of nitrogens with one attached hydrogen (secondary N) is 1. The Kier molecular flexibility index (Phi) is 5.17. The van der Waals surface area contributed by atoms with Gasteiger partial charge in [0.2, 0.25) is 0 Å². The molecule has 0 aliphatic carbocycles. The molecule has 3 heterocycles. The first-order chi connectivity index (χ1) is 13.2. The minimum Gasteiger partial charge on any atom is -0.345 e. The lowest BCUT2D eigenvalue weighted by Gasteiger charge is -2.34. The molecule has 1 aliphatic rings. The number of rotatable bonds is 4. The van der Waals surface area contributed by atoms with Gasteiger partial charge in [-0.05, 0) is 29.6 Å². The van der Waals surface area contributed by atoms with Crippen molar-refractivity contribution in [3.8, 4) is 0 Å². The number of carbonyl (C=O) groups is 2. The second kappa shape index (κ2) is 7.89. The van der Waals surface area contributed by atoms with Crippen LogP contribution in [0.2, 0.25) is 0 Å². The van der Waals surface area contributed by atoms with Crippen LogP contribution in [0.4, 0.5) is 10.8 Å². The molecule has 8 heteroatoms. The molecule has 6 nitrogen and oxygen atoms in total. The van der Waals surface area contributed by atoms with E-state index in [1.165, 1.54) is 11.3 Å². The molecule has 0 unspecified atom stereocenters. The fourth-order valence-electron chi connectivity index (χ4n) is 2.99. The summed E-state index contributed by atoms with van der Waals surface area (Å²) in [7, 11) is 0. The zero-order chi connectivity index (χ0) is 18.6. The summed E-state index contributed by atoms with van der Waals surface area (Å²) in [6, 6.07) is 10.7. The van der Waals surface area contributed by atoms with Crippen LogP contribution in [0.25, 0.3) is 0 Å². The van der Waals surface area contributed by atoms with Crippen molar-refractivity contribution in [3.63, 3.8) is 0 Å². The Morgan fingerprint density at radius 2 is 1.85 bits per heavy atom. The lowest BCUT2D eigenvalue weighted by Crippen LogP contribution is -2.48. The van der Waals surface area contributed by atoms with Crippen LogP contribution >= 0.6 is 22.7 Å². The molecule has 1 aromatic carbocycles. The Morgan fingerprint density at radius 1 is 1.00 bits per heavy atom. The van der Waals surface area contributed by atoms with Crippen molar-refractivity contribution in [3.05, 3.63) is 63.8 Å². The van der Waals surface area contributed by atoms with E-state index in [1.807, 2.05) is 21.7 Å². The molecular formula is C19H18N4O2S2. The second-order valence-electron chi connectivity index (χ2n) is 6.11. The lowest BCUT2D eigenvalue weighted by molar-refractivity contribution is 0.0746. The van der Waals surface area contributed by atoms with Gasteiger partial charge in [0.15, 0.2) is 5.13 Å². The first-order valence-electron chi connectivity index (χ1n) is 8.59. The molecule has 1 saturated heterocycles. The maximum absolute atomic E-state index is 12.8. The van der Waals surface area contributed by atoms with E-state index in [4.69, 9.17) is 0 Å². The minimum absolute atomic E-state index is 0.0130. The largest absolute Gasteiger partial charge is 0.345 e. The van der Waals surface area contributed by atoms with Crippen LogP contribution in [0.1, 0.15) is 20.0 Å². The average molecular weight is 399 g/mol. The zero-order valence-electron chi connectivity index (χ0n) is 14.5. The minimum atomic E-state index is -0.160. The van der Waals surface area contributed by atoms with Crippen LogP contribution in [-0.4, -0.2) is 47.9 Å². The van der Waals surface area contributed by atoms with E-state index >= 15 is 0 Å². The topological polar surface area (TPSA) is 65.5 Å². The third-order valence-electron chi connectivity index (χ3n) is 4.37. The van der Waals surface area contributed by atoms with Crippen molar-refractivity contribution in [2.24, 2.45) is 0 Å². The van der Waals surface area contributed by atoms with Crippen molar-refractivity contribution in [2.45, 2.75) is 0 Å². The number of aromatic nitrogens is 1. The van der Waals surface area contributed by atoms with E-state index in [1.54, 1.807) is 47.9 Å². The highest BCUT2D eigenvalue weighted by molar-refractivity contribution is 7.13. The summed E-state index contributed by atoms with van der Waals surface area (Å²) in [5.41, 5.74) is 1.21. The quantitative estimate of drug-likeness (QED) is 0.731. The molecule has 0 spiro atoms. The summed E-state index contributed by atoms with van der Waals surface area (Å²) >= 11 is 3.00. The molecule has 27 heavy (non-hydrogen) atoms. The van der Waals surface area contributed by atoms with Crippen molar-refractivity contribution < 1.29 is 9.59 Å². The number of thiophene rings is 1. The van der Waals surface area contributed by atoms with Crippen LogP contribution < -0.4 is 10.2 Å². The highest BCUT2D eigenvalue weighted by Gasteiger charge is 2.23. The number of hydrogen-bond donors (Lipinski definition) is 1. The van der Waals surface area contributed by atoms with Crippen molar-refractivity contribution in [1.29, 1.82) is 0 Å². The van der Waals surface area contributed by atoms with Gasteiger partial charge >= 0.3 is 0 Å². The summed E-state index contributed by atoms with van der Waals surface area (Å²) in [5.74, 6) is -0.173. The number of anilines is 2. The SMILES string of the molecule is O=C(Nc1cccc(C(=O)N2CCN(c3nccs3)CC2)c1)c1cccs1. The normalized spacial score (nSPS) is 14.2. The smallest absolute Gasteiger partial charge is 0.265 e. The summed E-state index contributed by atoms with van der Waals surface area (Å²) < 4.78 is 0. The van der Waals surface area contributed by atoms with E-state index in [2.05, 4.69) is 15.2 Å². The van der Waals surface area contributed by atoms with E-state index < -0.39 is 0 Å². The Bertz CT molecular complexity index is 917. The molecule has 1 aliphatic heterocycles. The Balaban J connectivity index is 1.40. The lowest BCUT2D eigenvalue weighted by atomic mass is 10.1. The number of thiazole rings is 1. The Morgan fingerprint density at radius 3 is 2.56 bits per heavy atom. The maximum Gasteiger partial charge on any atom is 0.265 e. The molecule has 1 N–H and O–H groups in total. The Labute approximate surface area is 165 Å². The summed E-state index contributed by atoms with van der Waals surface area (Å²) in [5, 5.41) is 7.68. The predicted octanol–water partition coefficient (Wildman–Crippen LogP) is 3.42. The van der Waals surface area contributed by atoms with Crippen molar-refractivity contribution >= 4 is 45.3 Å². The third-order valence-corrected chi connectivity index (χ3v) is 6.07. The monoisotopic (exact) mass is 398 g/mol. The van der Waals surface area contributed by atoms with E-state index in [-0.39, 0.29) is 11.8 Å². The first kappa shape index (κ1) is 17.7. The fraction of sp³-hybridized carbons (Fsp3) is 0.211. The van der Waals surface area contributed by atoms with Gasteiger partial charge < -0.3 is 15.1 Å². The highest BCUT2D eigenvalue weighted by atomic mass is 32.1. The molecule has 0 radical (unpaired) electrons. The molecule has 2 amide bonds. The van der Waals surface area contributed by atoms with Crippen LogP contribution in [0, 0.1) is 0 Å². The number of hydrogen-bond acceptors (Lipinski definition) is 6. The van der Waals surface area contributed by atoms with Gasteiger partial charge in [-0.1, -0.05) is 12.1 Å². The summed E-state index contributed by atoms with van der Waals surface area (Å²) in [6.45, 7) is 2.86. The van der Waals surface area contributed by atoms with Gasteiger partial charge in [0.1, 0.15) is 0 Å². The first-order valence-corrected chi connectivity index (χ1v) is 10.4. The fourth-order valence-corrected chi connectivity index (χ4v) is 4.30. The zero-order valence-corrected chi connectivity index (χ0v) is 16.1. The summed E-state index contributed by atoms with van der Waals surface area (Å²) in [6.07, 6.45) is 1.80. The maximum atomic E-state index is 12.8. The number of piperazine rings is 1. The number of carbonyl (C=O) groups excluding carboxylic acids is 2.